The van der Waals surface area contributed by atoms with Gasteiger partial charge in [0.05, 0.1) is 5.56 Å². The van der Waals surface area contributed by atoms with Crippen molar-refractivity contribution in [2.75, 3.05) is 0 Å². The van der Waals surface area contributed by atoms with Crippen molar-refractivity contribution in [3.63, 3.8) is 0 Å². The lowest BCUT2D eigenvalue weighted by Crippen LogP contribution is -2.01. The van der Waals surface area contributed by atoms with Crippen molar-refractivity contribution in [1.82, 2.24) is 14.6 Å². The van der Waals surface area contributed by atoms with E-state index < -0.39 is 11.8 Å². The van der Waals surface area contributed by atoms with Crippen molar-refractivity contribution in [2.45, 2.75) is 0 Å². The predicted octanol–water partition coefficient (Wildman–Crippen LogP) is 2.30. The molecule has 0 saturated carbocycles. The maximum atomic E-state index is 13.6. The Bertz CT molecular complexity index is 750. The van der Waals surface area contributed by atoms with E-state index in [1.165, 1.54) is 16.0 Å². The maximum Gasteiger partial charge on any atom is 0.355 e. The number of benzene rings is 1. The Morgan fingerprint density at radius 3 is 2.89 bits per heavy atom. The first-order valence-electron chi connectivity index (χ1n) is 4.99. The highest BCUT2D eigenvalue weighted by Gasteiger charge is 2.17. The lowest BCUT2D eigenvalue weighted by Gasteiger charge is -1.95. The number of rotatable bonds is 2. The second kappa shape index (κ2) is 3.88. The van der Waals surface area contributed by atoms with Crippen LogP contribution in [0, 0.1) is 5.82 Å². The number of fused-ring (bicyclic) bond motifs is 1. The van der Waals surface area contributed by atoms with Gasteiger partial charge in [0.25, 0.3) is 0 Å². The summed E-state index contributed by atoms with van der Waals surface area (Å²) in [7, 11) is 0. The van der Waals surface area contributed by atoms with Crippen molar-refractivity contribution in [2.24, 2.45) is 0 Å². The number of thiazole rings is 1. The Morgan fingerprint density at radius 2 is 2.17 bits per heavy atom. The molecule has 0 spiro atoms. The van der Waals surface area contributed by atoms with Crippen molar-refractivity contribution >= 4 is 22.3 Å². The van der Waals surface area contributed by atoms with Crippen LogP contribution in [0.3, 0.4) is 0 Å². The molecule has 0 bridgehead atoms. The van der Waals surface area contributed by atoms with Gasteiger partial charge in [0, 0.05) is 5.38 Å². The van der Waals surface area contributed by atoms with Gasteiger partial charge in [-0.1, -0.05) is 12.1 Å². The van der Waals surface area contributed by atoms with Crippen LogP contribution < -0.4 is 0 Å². The number of carbonyl (C=O) groups is 1. The van der Waals surface area contributed by atoms with Crippen LogP contribution in [-0.4, -0.2) is 25.7 Å². The number of carboxylic acid groups (broad SMARTS) is 1. The van der Waals surface area contributed by atoms with Crippen LogP contribution in [0.25, 0.3) is 16.3 Å². The first-order valence-corrected chi connectivity index (χ1v) is 5.87. The zero-order valence-electron chi connectivity index (χ0n) is 8.87. The van der Waals surface area contributed by atoms with Crippen LogP contribution in [0.1, 0.15) is 10.5 Å². The molecule has 0 amide bonds. The molecular weight excluding hydrogens is 257 g/mol. The van der Waals surface area contributed by atoms with E-state index in [0.717, 1.165) is 11.3 Å². The molecule has 0 saturated heterocycles. The normalized spacial score (nSPS) is 10.9. The number of halogens is 1. The average Bonchev–Trinajstić information content (AvgIpc) is 2.88. The summed E-state index contributed by atoms with van der Waals surface area (Å²) in [6.45, 7) is 0. The van der Waals surface area contributed by atoms with E-state index in [1.54, 1.807) is 18.2 Å². The summed E-state index contributed by atoms with van der Waals surface area (Å²) in [6, 6.07) is 6.10. The highest BCUT2D eigenvalue weighted by atomic mass is 32.1. The number of hydrogen-bond donors (Lipinski definition) is 1. The van der Waals surface area contributed by atoms with Crippen LogP contribution in [0.4, 0.5) is 4.39 Å². The first kappa shape index (κ1) is 10.8. The Balaban J connectivity index is 2.20. The Labute approximate surface area is 104 Å². The molecule has 1 aromatic carbocycles. The Kier molecular flexibility index (Phi) is 2.34. The molecule has 18 heavy (non-hydrogen) atoms. The van der Waals surface area contributed by atoms with Gasteiger partial charge in [0.2, 0.25) is 4.96 Å². The number of hydrogen-bond acceptors (Lipinski definition) is 4. The molecule has 2 aromatic heterocycles. The highest BCUT2D eigenvalue weighted by molar-refractivity contribution is 7.15. The van der Waals surface area contributed by atoms with Gasteiger partial charge in [-0.3, -0.25) is 0 Å². The van der Waals surface area contributed by atoms with Crippen molar-refractivity contribution < 1.29 is 14.3 Å². The molecule has 0 atom stereocenters. The minimum Gasteiger partial charge on any atom is -0.476 e. The van der Waals surface area contributed by atoms with Crippen LogP contribution in [0.5, 0.6) is 0 Å². The maximum absolute atomic E-state index is 13.6. The summed E-state index contributed by atoms with van der Waals surface area (Å²) in [4.78, 5) is 15.5. The second-order valence-corrected chi connectivity index (χ2v) is 4.37. The third kappa shape index (κ3) is 1.56. The Morgan fingerprint density at radius 1 is 1.39 bits per heavy atom. The highest BCUT2D eigenvalue weighted by Crippen LogP contribution is 2.22. The molecule has 0 aliphatic heterocycles. The van der Waals surface area contributed by atoms with Crippen molar-refractivity contribution in [3.05, 3.63) is 41.2 Å². The number of aromatic carboxylic acids is 1. The van der Waals surface area contributed by atoms with Crippen molar-refractivity contribution in [1.29, 1.82) is 0 Å². The van der Waals surface area contributed by atoms with E-state index >= 15 is 0 Å². The van der Waals surface area contributed by atoms with Gasteiger partial charge in [0.1, 0.15) is 5.82 Å². The van der Waals surface area contributed by atoms with Gasteiger partial charge in [-0.25, -0.2) is 9.18 Å². The lowest BCUT2D eigenvalue weighted by atomic mass is 10.2. The summed E-state index contributed by atoms with van der Waals surface area (Å²) < 4.78 is 14.8. The smallest absolute Gasteiger partial charge is 0.355 e. The van der Waals surface area contributed by atoms with Gasteiger partial charge in [-0.05, 0) is 12.1 Å². The second-order valence-electron chi connectivity index (χ2n) is 3.54. The van der Waals surface area contributed by atoms with E-state index in [9.17, 15) is 9.18 Å². The molecule has 2 heterocycles. The van der Waals surface area contributed by atoms with Gasteiger partial charge in [0.15, 0.2) is 11.5 Å². The van der Waals surface area contributed by atoms with Gasteiger partial charge >= 0.3 is 5.97 Å². The molecule has 90 valence electrons. The summed E-state index contributed by atoms with van der Waals surface area (Å²) in [5, 5.41) is 14.4. The topological polar surface area (TPSA) is 67.5 Å². The Hall–Kier alpha value is -2.28. The average molecular weight is 263 g/mol. The SMILES string of the molecule is O=C(O)c1csc2nc(-c3ccccc3F)nn12. The predicted molar refractivity (Wildman–Crippen MR) is 63.2 cm³/mol. The molecule has 3 aromatic rings. The van der Waals surface area contributed by atoms with E-state index in [4.69, 9.17) is 5.11 Å². The van der Waals surface area contributed by atoms with Crippen LogP contribution in [-0.2, 0) is 0 Å². The standard InChI is InChI=1S/C11H6FN3O2S/c12-7-4-2-1-3-6(7)9-13-11-15(14-9)8(5-18-11)10(16)17/h1-5H,(H,16,17). The molecule has 0 aliphatic rings. The molecule has 0 unspecified atom stereocenters. The molecule has 0 fully saturated rings. The van der Waals surface area contributed by atoms with E-state index in [1.807, 2.05) is 0 Å². The summed E-state index contributed by atoms with van der Waals surface area (Å²) in [5.41, 5.74) is 0.273. The zero-order valence-corrected chi connectivity index (χ0v) is 9.69. The van der Waals surface area contributed by atoms with Crippen LogP contribution in [0.15, 0.2) is 29.6 Å². The molecule has 7 heteroatoms. The fourth-order valence-corrected chi connectivity index (χ4v) is 2.38. The number of carboxylic acids is 1. The number of aromatic nitrogens is 3. The molecule has 1 N–H and O–H groups in total. The van der Waals surface area contributed by atoms with E-state index in [0.29, 0.717) is 4.96 Å². The largest absolute Gasteiger partial charge is 0.476 e. The molecular formula is C11H6FN3O2S. The van der Waals surface area contributed by atoms with Crippen LogP contribution in [0.2, 0.25) is 0 Å². The lowest BCUT2D eigenvalue weighted by molar-refractivity contribution is 0.0688. The zero-order chi connectivity index (χ0) is 12.7. The van der Waals surface area contributed by atoms with E-state index in [2.05, 4.69) is 10.1 Å². The minimum atomic E-state index is -1.09. The fraction of sp³-hybridized carbons (Fsp3) is 0. The molecule has 0 aliphatic carbocycles. The fourth-order valence-electron chi connectivity index (χ4n) is 1.59. The summed E-state index contributed by atoms with van der Waals surface area (Å²) in [6.07, 6.45) is 0. The van der Waals surface area contributed by atoms with Crippen LogP contribution >= 0.6 is 11.3 Å². The minimum absolute atomic E-state index is 0.0186. The third-order valence-electron chi connectivity index (χ3n) is 2.42. The summed E-state index contributed by atoms with van der Waals surface area (Å²) in [5.74, 6) is -1.35. The quantitative estimate of drug-likeness (QED) is 0.770. The molecule has 5 nitrogen and oxygen atoms in total. The number of nitrogens with zero attached hydrogens (tertiary/aromatic N) is 3. The molecule has 0 radical (unpaired) electrons. The van der Waals surface area contributed by atoms with Gasteiger partial charge < -0.3 is 5.11 Å². The van der Waals surface area contributed by atoms with E-state index in [-0.39, 0.29) is 17.1 Å². The monoisotopic (exact) mass is 263 g/mol. The molecule has 3 rings (SSSR count). The van der Waals surface area contributed by atoms with Gasteiger partial charge in [-0.2, -0.15) is 9.50 Å². The third-order valence-corrected chi connectivity index (χ3v) is 3.23. The van der Waals surface area contributed by atoms with Crippen molar-refractivity contribution in [3.8, 4) is 11.4 Å². The van der Waals surface area contributed by atoms with Gasteiger partial charge in [-0.15, -0.1) is 16.4 Å². The summed E-state index contributed by atoms with van der Waals surface area (Å²) >= 11 is 1.15. The first-order chi connectivity index (χ1) is 8.66.